The van der Waals surface area contributed by atoms with E-state index in [1.54, 1.807) is 6.07 Å². The molecule has 0 aliphatic carbocycles. The summed E-state index contributed by atoms with van der Waals surface area (Å²) in [4.78, 5) is 13.3. The van der Waals surface area contributed by atoms with E-state index < -0.39 is 5.97 Å². The van der Waals surface area contributed by atoms with E-state index in [2.05, 4.69) is 11.8 Å². The topological polar surface area (TPSA) is 49.8 Å². The molecular weight excluding hydrogens is 273 g/mol. The van der Waals surface area contributed by atoms with Gasteiger partial charge in [-0.1, -0.05) is 13.0 Å². The molecule has 21 heavy (non-hydrogen) atoms. The Morgan fingerprint density at radius 2 is 2.14 bits per heavy atom. The molecule has 0 saturated carbocycles. The summed E-state index contributed by atoms with van der Waals surface area (Å²) in [7, 11) is 1.45. The third-order valence-corrected chi connectivity index (χ3v) is 4.27. The maximum absolute atomic E-state index is 13.9. The maximum atomic E-state index is 13.9. The van der Waals surface area contributed by atoms with Crippen LogP contribution in [-0.2, 0) is 4.79 Å². The molecule has 0 radical (unpaired) electrons. The van der Waals surface area contributed by atoms with Crippen molar-refractivity contribution in [2.75, 3.05) is 20.2 Å². The number of benzene rings is 1. The Kier molecular flexibility index (Phi) is 5.17. The SMILES string of the molecule is CCC(c1ccc(OC)c(F)c1)N1CCC(C(=O)O)CC1. The average molecular weight is 295 g/mol. The molecule has 1 atom stereocenters. The van der Waals surface area contributed by atoms with E-state index in [4.69, 9.17) is 9.84 Å². The summed E-state index contributed by atoms with van der Waals surface area (Å²) in [6.07, 6.45) is 2.18. The van der Waals surface area contributed by atoms with Crippen molar-refractivity contribution >= 4 is 5.97 Å². The van der Waals surface area contributed by atoms with Crippen molar-refractivity contribution in [1.82, 2.24) is 4.90 Å². The number of carbonyl (C=O) groups is 1. The Morgan fingerprint density at radius 3 is 2.62 bits per heavy atom. The van der Waals surface area contributed by atoms with Gasteiger partial charge in [0.05, 0.1) is 13.0 Å². The van der Waals surface area contributed by atoms with E-state index in [-0.39, 0.29) is 23.5 Å². The number of ether oxygens (including phenoxy) is 1. The van der Waals surface area contributed by atoms with E-state index >= 15 is 0 Å². The fraction of sp³-hybridized carbons (Fsp3) is 0.562. The van der Waals surface area contributed by atoms with Crippen molar-refractivity contribution in [3.05, 3.63) is 29.6 Å². The molecule has 4 nitrogen and oxygen atoms in total. The first-order chi connectivity index (χ1) is 10.1. The van der Waals surface area contributed by atoms with E-state index in [1.807, 2.05) is 6.07 Å². The first-order valence-corrected chi connectivity index (χ1v) is 7.37. The highest BCUT2D eigenvalue weighted by Crippen LogP contribution is 2.31. The lowest BCUT2D eigenvalue weighted by atomic mass is 9.93. The summed E-state index contributed by atoms with van der Waals surface area (Å²) in [6.45, 7) is 3.54. The molecule has 1 fully saturated rings. The van der Waals surface area contributed by atoms with Crippen LogP contribution in [0.15, 0.2) is 18.2 Å². The summed E-state index contributed by atoms with van der Waals surface area (Å²) in [5.74, 6) is -1.06. The highest BCUT2D eigenvalue weighted by atomic mass is 19.1. The number of halogens is 1. The van der Waals surface area contributed by atoms with Crippen LogP contribution < -0.4 is 4.74 Å². The summed E-state index contributed by atoms with van der Waals surface area (Å²) >= 11 is 0. The summed E-state index contributed by atoms with van der Waals surface area (Å²) < 4.78 is 18.8. The Balaban J connectivity index is 2.10. The molecule has 2 rings (SSSR count). The third kappa shape index (κ3) is 3.53. The van der Waals surface area contributed by atoms with Gasteiger partial charge in [-0.05, 0) is 50.0 Å². The zero-order valence-electron chi connectivity index (χ0n) is 12.5. The minimum Gasteiger partial charge on any atom is -0.494 e. The van der Waals surface area contributed by atoms with Crippen molar-refractivity contribution in [3.63, 3.8) is 0 Å². The van der Waals surface area contributed by atoms with Gasteiger partial charge in [-0.2, -0.15) is 0 Å². The van der Waals surface area contributed by atoms with Crippen LogP contribution in [0.4, 0.5) is 4.39 Å². The average Bonchev–Trinajstić information content (AvgIpc) is 2.49. The van der Waals surface area contributed by atoms with Gasteiger partial charge in [0.15, 0.2) is 11.6 Å². The second-order valence-electron chi connectivity index (χ2n) is 5.47. The van der Waals surface area contributed by atoms with Crippen molar-refractivity contribution in [3.8, 4) is 5.75 Å². The number of aliphatic carboxylic acids is 1. The van der Waals surface area contributed by atoms with Crippen LogP contribution >= 0.6 is 0 Å². The number of hydrogen-bond acceptors (Lipinski definition) is 3. The molecule has 1 saturated heterocycles. The Bertz CT molecular complexity index is 498. The highest BCUT2D eigenvalue weighted by Gasteiger charge is 2.28. The van der Waals surface area contributed by atoms with Crippen LogP contribution in [0.2, 0.25) is 0 Å². The molecule has 1 heterocycles. The van der Waals surface area contributed by atoms with Crippen LogP contribution in [0.1, 0.15) is 37.8 Å². The molecule has 1 aliphatic heterocycles. The predicted octanol–water partition coefficient (Wildman–Crippen LogP) is 3.08. The van der Waals surface area contributed by atoms with Crippen LogP contribution in [0.5, 0.6) is 5.75 Å². The van der Waals surface area contributed by atoms with Crippen molar-refractivity contribution in [2.45, 2.75) is 32.2 Å². The lowest BCUT2D eigenvalue weighted by Gasteiger charge is -2.36. The van der Waals surface area contributed by atoms with Crippen LogP contribution in [0.25, 0.3) is 0 Å². The van der Waals surface area contributed by atoms with Gasteiger partial charge < -0.3 is 9.84 Å². The number of piperidine rings is 1. The molecule has 0 bridgehead atoms. The quantitative estimate of drug-likeness (QED) is 0.907. The predicted molar refractivity (Wildman–Crippen MR) is 77.9 cm³/mol. The molecule has 1 aliphatic rings. The molecule has 0 amide bonds. The first kappa shape index (κ1) is 15.8. The number of likely N-dealkylation sites (tertiary alicyclic amines) is 1. The van der Waals surface area contributed by atoms with Gasteiger partial charge in [-0.25, -0.2) is 4.39 Å². The minimum absolute atomic E-state index is 0.125. The van der Waals surface area contributed by atoms with Crippen LogP contribution in [-0.4, -0.2) is 36.2 Å². The van der Waals surface area contributed by atoms with E-state index in [9.17, 15) is 9.18 Å². The smallest absolute Gasteiger partial charge is 0.306 e. The zero-order chi connectivity index (χ0) is 15.4. The molecule has 1 aromatic carbocycles. The van der Waals surface area contributed by atoms with Crippen molar-refractivity contribution in [2.24, 2.45) is 5.92 Å². The molecular formula is C16H22FNO3. The van der Waals surface area contributed by atoms with Gasteiger partial charge in [0.25, 0.3) is 0 Å². The van der Waals surface area contributed by atoms with Gasteiger partial charge in [0.1, 0.15) is 0 Å². The second kappa shape index (κ2) is 6.89. The lowest BCUT2D eigenvalue weighted by Crippen LogP contribution is -2.38. The Morgan fingerprint density at radius 1 is 1.48 bits per heavy atom. The van der Waals surface area contributed by atoms with E-state index in [0.717, 1.165) is 25.1 Å². The van der Waals surface area contributed by atoms with Crippen LogP contribution in [0, 0.1) is 11.7 Å². The van der Waals surface area contributed by atoms with E-state index in [0.29, 0.717) is 12.8 Å². The van der Waals surface area contributed by atoms with E-state index in [1.165, 1.54) is 13.2 Å². The number of carboxylic acid groups (broad SMARTS) is 1. The molecule has 0 spiro atoms. The van der Waals surface area contributed by atoms with Crippen LogP contribution in [0.3, 0.4) is 0 Å². The summed E-state index contributed by atoms with van der Waals surface area (Å²) in [6, 6.07) is 5.19. The summed E-state index contributed by atoms with van der Waals surface area (Å²) in [5, 5.41) is 9.05. The maximum Gasteiger partial charge on any atom is 0.306 e. The van der Waals surface area contributed by atoms with Crippen molar-refractivity contribution < 1.29 is 19.0 Å². The van der Waals surface area contributed by atoms with Gasteiger partial charge in [-0.3, -0.25) is 9.69 Å². The third-order valence-electron chi connectivity index (χ3n) is 4.27. The van der Waals surface area contributed by atoms with Gasteiger partial charge >= 0.3 is 5.97 Å². The number of carboxylic acids is 1. The zero-order valence-corrected chi connectivity index (χ0v) is 12.5. The normalized spacial score (nSPS) is 18.4. The van der Waals surface area contributed by atoms with Crippen molar-refractivity contribution in [1.29, 1.82) is 0 Å². The van der Waals surface area contributed by atoms with Gasteiger partial charge in [-0.15, -0.1) is 0 Å². The highest BCUT2D eigenvalue weighted by molar-refractivity contribution is 5.70. The second-order valence-corrected chi connectivity index (χ2v) is 5.47. The molecule has 5 heteroatoms. The fourth-order valence-corrected chi connectivity index (χ4v) is 3.05. The Hall–Kier alpha value is -1.62. The first-order valence-electron chi connectivity index (χ1n) is 7.37. The number of rotatable bonds is 5. The molecule has 1 unspecified atom stereocenters. The molecule has 1 N–H and O–H groups in total. The summed E-state index contributed by atoms with van der Waals surface area (Å²) in [5.41, 5.74) is 0.921. The number of hydrogen-bond donors (Lipinski definition) is 1. The standard InChI is InChI=1S/C16H22FNO3/c1-3-14(12-4-5-15(21-2)13(17)10-12)18-8-6-11(7-9-18)16(19)20/h4-5,10-11,14H,3,6-9H2,1-2H3,(H,19,20). The van der Waals surface area contributed by atoms with Gasteiger partial charge in [0.2, 0.25) is 0 Å². The lowest BCUT2D eigenvalue weighted by molar-refractivity contribution is -0.143. The molecule has 116 valence electrons. The molecule has 1 aromatic rings. The van der Waals surface area contributed by atoms with Gasteiger partial charge in [0, 0.05) is 6.04 Å². The molecule has 0 aromatic heterocycles. The monoisotopic (exact) mass is 295 g/mol. The number of methoxy groups -OCH3 is 1. The Labute approximate surface area is 124 Å². The minimum atomic E-state index is -0.710. The number of nitrogens with zero attached hydrogens (tertiary/aromatic N) is 1. The fourth-order valence-electron chi connectivity index (χ4n) is 3.05. The largest absolute Gasteiger partial charge is 0.494 e.